The highest BCUT2D eigenvalue weighted by molar-refractivity contribution is 6.31. The summed E-state index contributed by atoms with van der Waals surface area (Å²) in [6.07, 6.45) is 0. The summed E-state index contributed by atoms with van der Waals surface area (Å²) in [5.41, 5.74) is 0.792. The second kappa shape index (κ2) is 8.86. The van der Waals surface area contributed by atoms with Crippen LogP contribution < -0.4 is 16.6 Å². The Hall–Kier alpha value is -3.39. The maximum Gasteiger partial charge on any atom is 0.352 e. The van der Waals surface area contributed by atoms with Gasteiger partial charge >= 0.3 is 5.69 Å². The van der Waals surface area contributed by atoms with Crippen molar-refractivity contribution in [3.8, 4) is 0 Å². The Labute approximate surface area is 195 Å². The van der Waals surface area contributed by atoms with Crippen molar-refractivity contribution in [1.82, 2.24) is 24.1 Å². The Morgan fingerprint density at radius 3 is 2.48 bits per heavy atom. The number of nitrogens with zero attached hydrogens (tertiary/aromatic N) is 4. The number of carbonyl (C=O) groups excluding carboxylic acids is 1. The van der Waals surface area contributed by atoms with E-state index in [1.54, 1.807) is 24.3 Å². The molecule has 172 valence electrons. The van der Waals surface area contributed by atoms with Crippen LogP contribution in [0.3, 0.4) is 0 Å². The Balaban J connectivity index is 2.00. The lowest BCUT2D eigenvalue weighted by Gasteiger charge is -2.13. The summed E-state index contributed by atoms with van der Waals surface area (Å²) in [7, 11) is 0. The highest BCUT2D eigenvalue weighted by Gasteiger charge is 2.20. The average Bonchev–Trinajstić information content (AvgIpc) is 3.08. The Morgan fingerprint density at radius 1 is 1.09 bits per heavy atom. The fourth-order valence-electron chi connectivity index (χ4n) is 3.82. The number of aromatic nitrogens is 4. The molecule has 0 spiro atoms. The van der Waals surface area contributed by atoms with Gasteiger partial charge in [0.15, 0.2) is 0 Å². The summed E-state index contributed by atoms with van der Waals surface area (Å²) in [4.78, 5) is 39.4. The smallest absolute Gasteiger partial charge is 0.350 e. The molecule has 1 amide bonds. The molecule has 2 heterocycles. The molecule has 0 aliphatic rings. The summed E-state index contributed by atoms with van der Waals surface area (Å²) in [6.45, 7) is 8.27. The van der Waals surface area contributed by atoms with Gasteiger partial charge in [-0.15, -0.1) is 5.10 Å². The minimum Gasteiger partial charge on any atom is -0.350 e. The molecule has 4 aromatic rings. The zero-order chi connectivity index (χ0) is 23.9. The van der Waals surface area contributed by atoms with Crippen molar-refractivity contribution in [1.29, 1.82) is 0 Å². The second-order valence-electron chi connectivity index (χ2n) is 8.84. The number of carbonyl (C=O) groups is 1. The number of hydrogen-bond acceptors (Lipinski definition) is 4. The van der Waals surface area contributed by atoms with E-state index in [1.807, 2.05) is 45.9 Å². The maximum atomic E-state index is 13.5. The van der Waals surface area contributed by atoms with Crippen molar-refractivity contribution in [3.05, 3.63) is 79.5 Å². The van der Waals surface area contributed by atoms with Crippen LogP contribution in [0.1, 0.15) is 43.6 Å². The zero-order valence-electron chi connectivity index (χ0n) is 19.0. The molecule has 0 saturated heterocycles. The molecule has 8 nitrogen and oxygen atoms in total. The van der Waals surface area contributed by atoms with Gasteiger partial charge < -0.3 is 5.32 Å². The van der Waals surface area contributed by atoms with Gasteiger partial charge in [0.25, 0.3) is 11.5 Å². The van der Waals surface area contributed by atoms with Gasteiger partial charge in [-0.25, -0.2) is 13.9 Å². The maximum absolute atomic E-state index is 13.5. The normalized spacial score (nSPS) is 11.7. The molecule has 0 radical (unpaired) electrons. The van der Waals surface area contributed by atoms with E-state index in [-0.39, 0.29) is 35.7 Å². The standard InChI is InChI=1S/C24H26ClN5O3/c1-14(2)12-28-22(32)18-10-9-16(21(31)26-15(3)4)11-20(18)30-23(28)27-29(24(30)33)13-17-7-5-6-8-19(17)25/h5-11,14-15H,12-13H2,1-4H3,(H,26,31). The molecular weight excluding hydrogens is 442 g/mol. The number of benzene rings is 2. The summed E-state index contributed by atoms with van der Waals surface area (Å²) >= 11 is 6.29. The number of fused-ring (bicyclic) bond motifs is 3. The molecule has 0 unspecified atom stereocenters. The van der Waals surface area contributed by atoms with Gasteiger partial charge in [-0.2, -0.15) is 0 Å². The summed E-state index contributed by atoms with van der Waals surface area (Å²) in [5.74, 6) is 0.117. The third kappa shape index (κ3) is 4.30. The Kier molecular flexibility index (Phi) is 6.12. The zero-order valence-corrected chi connectivity index (χ0v) is 19.8. The van der Waals surface area contributed by atoms with Crippen LogP contribution in [0.15, 0.2) is 52.1 Å². The van der Waals surface area contributed by atoms with E-state index in [9.17, 15) is 14.4 Å². The van der Waals surface area contributed by atoms with Crippen molar-refractivity contribution < 1.29 is 4.79 Å². The molecule has 2 aromatic carbocycles. The Morgan fingerprint density at radius 2 is 1.82 bits per heavy atom. The van der Waals surface area contributed by atoms with Gasteiger partial charge in [-0.05, 0) is 49.6 Å². The fraction of sp³-hybridized carbons (Fsp3) is 0.333. The van der Waals surface area contributed by atoms with Crippen molar-refractivity contribution in [2.75, 3.05) is 0 Å². The first-order chi connectivity index (χ1) is 15.7. The first-order valence-corrected chi connectivity index (χ1v) is 11.3. The predicted molar refractivity (Wildman–Crippen MR) is 129 cm³/mol. The molecular formula is C24H26ClN5O3. The molecule has 0 atom stereocenters. The minimum atomic E-state index is -0.408. The summed E-state index contributed by atoms with van der Waals surface area (Å²) < 4.78 is 4.22. The second-order valence-corrected chi connectivity index (χ2v) is 9.24. The van der Waals surface area contributed by atoms with Crippen LogP contribution in [0.2, 0.25) is 5.02 Å². The van der Waals surface area contributed by atoms with Crippen LogP contribution in [0, 0.1) is 5.92 Å². The van der Waals surface area contributed by atoms with E-state index < -0.39 is 5.69 Å². The molecule has 0 aliphatic heterocycles. The lowest BCUT2D eigenvalue weighted by molar-refractivity contribution is 0.0943. The molecule has 9 heteroatoms. The summed E-state index contributed by atoms with van der Waals surface area (Å²) in [5, 5.41) is 8.22. The predicted octanol–water partition coefficient (Wildman–Crippen LogP) is 3.31. The molecule has 0 saturated carbocycles. The number of halogens is 1. The molecule has 2 aromatic heterocycles. The van der Waals surface area contributed by atoms with Crippen molar-refractivity contribution in [3.63, 3.8) is 0 Å². The van der Waals surface area contributed by atoms with Gasteiger partial charge in [0, 0.05) is 23.2 Å². The van der Waals surface area contributed by atoms with E-state index >= 15 is 0 Å². The first-order valence-electron chi connectivity index (χ1n) is 10.9. The quantitative estimate of drug-likeness (QED) is 0.471. The van der Waals surface area contributed by atoms with E-state index in [1.165, 1.54) is 13.6 Å². The van der Waals surface area contributed by atoms with Crippen molar-refractivity contribution in [2.24, 2.45) is 5.92 Å². The topological polar surface area (TPSA) is 90.4 Å². The molecule has 1 N–H and O–H groups in total. The molecule has 33 heavy (non-hydrogen) atoms. The monoisotopic (exact) mass is 467 g/mol. The van der Waals surface area contributed by atoms with Crippen molar-refractivity contribution >= 4 is 34.2 Å². The molecule has 4 rings (SSSR count). The lowest BCUT2D eigenvalue weighted by atomic mass is 10.1. The van der Waals surface area contributed by atoms with Gasteiger partial charge in [-0.1, -0.05) is 43.6 Å². The Bertz CT molecular complexity index is 1480. The third-order valence-electron chi connectivity index (χ3n) is 5.29. The van der Waals surface area contributed by atoms with E-state index in [0.717, 1.165) is 5.56 Å². The number of nitrogens with one attached hydrogen (secondary N) is 1. The van der Waals surface area contributed by atoms with Gasteiger partial charge in [0.1, 0.15) is 0 Å². The van der Waals surface area contributed by atoms with Crippen LogP contribution in [0.4, 0.5) is 0 Å². The van der Waals surface area contributed by atoms with Crippen LogP contribution in [0.5, 0.6) is 0 Å². The number of amides is 1. The molecule has 0 fully saturated rings. The van der Waals surface area contributed by atoms with Gasteiger partial charge in [0.2, 0.25) is 5.78 Å². The lowest BCUT2D eigenvalue weighted by Crippen LogP contribution is -2.31. The highest BCUT2D eigenvalue weighted by Crippen LogP contribution is 2.18. The number of rotatable bonds is 6. The SMILES string of the molecule is CC(C)Cn1c(=O)c2ccc(C(=O)NC(C)C)cc2n2c(=O)n(Cc3ccccc3Cl)nc12. The van der Waals surface area contributed by atoms with Crippen molar-refractivity contribution in [2.45, 2.75) is 46.8 Å². The van der Waals surface area contributed by atoms with Crippen LogP contribution >= 0.6 is 11.6 Å². The largest absolute Gasteiger partial charge is 0.352 e. The van der Waals surface area contributed by atoms with E-state index in [2.05, 4.69) is 10.4 Å². The average molecular weight is 468 g/mol. The van der Waals surface area contributed by atoms with E-state index in [4.69, 9.17) is 11.6 Å². The fourth-order valence-corrected chi connectivity index (χ4v) is 4.02. The van der Waals surface area contributed by atoms with Gasteiger partial charge in [-0.3, -0.25) is 14.2 Å². The first kappa shape index (κ1) is 22.8. The highest BCUT2D eigenvalue weighted by atomic mass is 35.5. The minimum absolute atomic E-state index is 0.0478. The summed E-state index contributed by atoms with van der Waals surface area (Å²) in [6, 6.07) is 12.0. The van der Waals surface area contributed by atoms with Crippen LogP contribution in [-0.2, 0) is 13.1 Å². The van der Waals surface area contributed by atoms with Crippen LogP contribution in [0.25, 0.3) is 16.7 Å². The number of hydrogen-bond donors (Lipinski definition) is 1. The molecule has 0 bridgehead atoms. The van der Waals surface area contributed by atoms with E-state index in [0.29, 0.717) is 28.0 Å². The van der Waals surface area contributed by atoms with Crippen LogP contribution in [-0.4, -0.2) is 30.7 Å². The van der Waals surface area contributed by atoms with Gasteiger partial charge in [0.05, 0.1) is 17.4 Å². The molecule has 0 aliphatic carbocycles. The third-order valence-corrected chi connectivity index (χ3v) is 5.65.